The van der Waals surface area contributed by atoms with E-state index in [2.05, 4.69) is 15.2 Å². The number of piperidine rings is 1. The van der Waals surface area contributed by atoms with Crippen LogP contribution in [0.1, 0.15) is 24.6 Å². The first-order valence-electron chi connectivity index (χ1n) is 8.90. The van der Waals surface area contributed by atoms with Crippen LogP contribution in [0.25, 0.3) is 11.0 Å². The number of benzene rings is 2. The molecule has 134 valence electrons. The highest BCUT2D eigenvalue weighted by Crippen LogP contribution is 2.27. The monoisotopic (exact) mass is 352 g/mol. The normalized spacial score (nSPS) is 16.0. The van der Waals surface area contributed by atoms with Crippen LogP contribution in [0.5, 0.6) is 0 Å². The van der Waals surface area contributed by atoms with Gasteiger partial charge in [-0.3, -0.25) is 9.69 Å². The molecule has 0 atom stereocenters. The first-order valence-corrected chi connectivity index (χ1v) is 8.90. The Labute approximate surface area is 151 Å². The molecule has 0 bridgehead atoms. The molecule has 6 heteroatoms. The van der Waals surface area contributed by atoms with Gasteiger partial charge in [0.1, 0.15) is 11.6 Å². The molecule has 1 fully saturated rings. The zero-order chi connectivity index (χ0) is 17.9. The largest absolute Gasteiger partial charge is 0.342 e. The van der Waals surface area contributed by atoms with E-state index in [1.54, 1.807) is 12.1 Å². The van der Waals surface area contributed by atoms with Gasteiger partial charge >= 0.3 is 0 Å². The van der Waals surface area contributed by atoms with Crippen LogP contribution in [0.2, 0.25) is 0 Å². The number of nitrogens with zero attached hydrogens (tertiary/aromatic N) is 2. The van der Waals surface area contributed by atoms with Crippen LogP contribution >= 0.6 is 0 Å². The third kappa shape index (κ3) is 3.75. The summed E-state index contributed by atoms with van der Waals surface area (Å²) in [5, 5.41) is 2.81. The molecule has 0 aliphatic carbocycles. The van der Waals surface area contributed by atoms with Gasteiger partial charge in [0.25, 0.3) is 0 Å². The first-order chi connectivity index (χ1) is 12.7. The fraction of sp³-hybridized carbons (Fsp3) is 0.300. The Morgan fingerprint density at radius 1 is 1.15 bits per heavy atom. The standard InChI is InChI=1S/C20H21FN4O/c21-15-5-7-16(8-6-15)22-19(26)13-25-11-9-14(10-12-25)20-23-17-3-1-2-4-18(17)24-20/h1-8,14H,9-13H2,(H,22,26)(H,23,24). The molecular formula is C20H21FN4O. The van der Waals surface area contributed by atoms with Gasteiger partial charge < -0.3 is 10.3 Å². The van der Waals surface area contributed by atoms with Crippen LogP contribution in [0.3, 0.4) is 0 Å². The molecule has 2 N–H and O–H groups in total. The third-order valence-electron chi connectivity index (χ3n) is 4.88. The number of carbonyl (C=O) groups is 1. The van der Waals surface area contributed by atoms with Gasteiger partial charge in [-0.05, 0) is 62.3 Å². The average Bonchev–Trinajstić information content (AvgIpc) is 3.08. The van der Waals surface area contributed by atoms with E-state index in [9.17, 15) is 9.18 Å². The number of aromatic nitrogens is 2. The highest BCUT2D eigenvalue weighted by molar-refractivity contribution is 5.92. The smallest absolute Gasteiger partial charge is 0.238 e. The Balaban J connectivity index is 1.30. The number of halogens is 1. The summed E-state index contributed by atoms with van der Waals surface area (Å²) in [5.74, 6) is 1.06. The van der Waals surface area contributed by atoms with Crippen molar-refractivity contribution in [1.29, 1.82) is 0 Å². The van der Waals surface area contributed by atoms with Crippen molar-refractivity contribution in [3.63, 3.8) is 0 Å². The zero-order valence-corrected chi connectivity index (χ0v) is 14.4. The Morgan fingerprint density at radius 3 is 2.62 bits per heavy atom. The van der Waals surface area contributed by atoms with Gasteiger partial charge in [0.15, 0.2) is 0 Å². The number of rotatable bonds is 4. The van der Waals surface area contributed by atoms with Gasteiger partial charge in [0, 0.05) is 11.6 Å². The number of imidazole rings is 1. The molecule has 0 unspecified atom stereocenters. The van der Waals surface area contributed by atoms with Crippen molar-refractivity contribution >= 4 is 22.6 Å². The summed E-state index contributed by atoms with van der Waals surface area (Å²) >= 11 is 0. The molecule has 0 spiro atoms. The molecule has 0 radical (unpaired) electrons. The molecule has 1 amide bonds. The lowest BCUT2D eigenvalue weighted by atomic mass is 9.96. The second kappa shape index (κ2) is 7.25. The SMILES string of the molecule is O=C(CN1CCC(c2nc3ccccc3[nH]2)CC1)Nc1ccc(F)cc1. The Kier molecular flexibility index (Phi) is 4.67. The summed E-state index contributed by atoms with van der Waals surface area (Å²) in [5.41, 5.74) is 2.70. The minimum Gasteiger partial charge on any atom is -0.342 e. The van der Waals surface area contributed by atoms with Crippen molar-refractivity contribution in [1.82, 2.24) is 14.9 Å². The van der Waals surface area contributed by atoms with Crippen LogP contribution in [0.15, 0.2) is 48.5 Å². The van der Waals surface area contributed by atoms with E-state index in [0.29, 0.717) is 18.2 Å². The van der Waals surface area contributed by atoms with Crippen molar-refractivity contribution in [3.05, 3.63) is 60.2 Å². The van der Waals surface area contributed by atoms with Crippen LogP contribution < -0.4 is 5.32 Å². The highest BCUT2D eigenvalue weighted by atomic mass is 19.1. The lowest BCUT2D eigenvalue weighted by Gasteiger charge is -2.30. The van der Waals surface area contributed by atoms with Crippen LogP contribution in [0, 0.1) is 5.82 Å². The molecule has 5 nitrogen and oxygen atoms in total. The van der Waals surface area contributed by atoms with Crippen LogP contribution in [-0.4, -0.2) is 40.4 Å². The summed E-state index contributed by atoms with van der Waals surface area (Å²) in [6.07, 6.45) is 1.95. The molecule has 1 saturated heterocycles. The summed E-state index contributed by atoms with van der Waals surface area (Å²) < 4.78 is 12.9. The molecule has 0 saturated carbocycles. The number of likely N-dealkylation sites (tertiary alicyclic amines) is 1. The van der Waals surface area contributed by atoms with E-state index in [4.69, 9.17) is 4.98 Å². The van der Waals surface area contributed by atoms with Crippen molar-refractivity contribution in [2.45, 2.75) is 18.8 Å². The van der Waals surface area contributed by atoms with E-state index in [1.165, 1.54) is 12.1 Å². The van der Waals surface area contributed by atoms with Crippen molar-refractivity contribution in [2.75, 3.05) is 25.0 Å². The molecule has 2 aromatic carbocycles. The number of anilines is 1. The van der Waals surface area contributed by atoms with Crippen molar-refractivity contribution in [3.8, 4) is 0 Å². The fourth-order valence-electron chi connectivity index (χ4n) is 3.47. The third-order valence-corrected chi connectivity index (χ3v) is 4.88. The van der Waals surface area contributed by atoms with Gasteiger partial charge in [-0.2, -0.15) is 0 Å². The lowest BCUT2D eigenvalue weighted by molar-refractivity contribution is -0.117. The average molecular weight is 352 g/mol. The summed E-state index contributed by atoms with van der Waals surface area (Å²) in [7, 11) is 0. The number of aromatic amines is 1. The number of carbonyl (C=O) groups excluding carboxylic acids is 1. The predicted molar refractivity (Wildman–Crippen MR) is 99.5 cm³/mol. The molecule has 26 heavy (non-hydrogen) atoms. The second-order valence-corrected chi connectivity index (χ2v) is 6.74. The maximum atomic E-state index is 12.9. The Hall–Kier alpha value is -2.73. The second-order valence-electron chi connectivity index (χ2n) is 6.74. The maximum Gasteiger partial charge on any atom is 0.238 e. The maximum absolute atomic E-state index is 12.9. The number of hydrogen-bond acceptors (Lipinski definition) is 3. The van der Waals surface area contributed by atoms with E-state index >= 15 is 0 Å². The number of nitrogens with one attached hydrogen (secondary N) is 2. The number of amides is 1. The van der Waals surface area contributed by atoms with Crippen LogP contribution in [0.4, 0.5) is 10.1 Å². The molecular weight excluding hydrogens is 331 g/mol. The topological polar surface area (TPSA) is 61.0 Å². The fourth-order valence-corrected chi connectivity index (χ4v) is 3.47. The van der Waals surface area contributed by atoms with Crippen molar-refractivity contribution in [2.24, 2.45) is 0 Å². The number of para-hydroxylation sites is 2. The lowest BCUT2D eigenvalue weighted by Crippen LogP contribution is -2.38. The van der Waals surface area contributed by atoms with E-state index in [0.717, 1.165) is 42.8 Å². The van der Waals surface area contributed by atoms with Crippen molar-refractivity contribution < 1.29 is 9.18 Å². The van der Waals surface area contributed by atoms with Gasteiger partial charge in [0.2, 0.25) is 5.91 Å². The molecule has 4 rings (SSSR count). The number of hydrogen-bond donors (Lipinski definition) is 2. The van der Waals surface area contributed by atoms with Gasteiger partial charge in [-0.1, -0.05) is 12.1 Å². The summed E-state index contributed by atoms with van der Waals surface area (Å²) in [6.45, 7) is 2.07. The Morgan fingerprint density at radius 2 is 1.88 bits per heavy atom. The highest BCUT2D eigenvalue weighted by Gasteiger charge is 2.24. The van der Waals surface area contributed by atoms with E-state index in [1.807, 2.05) is 24.3 Å². The van der Waals surface area contributed by atoms with Gasteiger partial charge in [0.05, 0.1) is 17.6 Å². The van der Waals surface area contributed by atoms with E-state index in [-0.39, 0.29) is 11.7 Å². The van der Waals surface area contributed by atoms with E-state index < -0.39 is 0 Å². The summed E-state index contributed by atoms with van der Waals surface area (Å²) in [4.78, 5) is 22.4. The quantitative estimate of drug-likeness (QED) is 0.755. The molecule has 1 aliphatic heterocycles. The minimum absolute atomic E-state index is 0.0706. The minimum atomic E-state index is -0.310. The van der Waals surface area contributed by atoms with Gasteiger partial charge in [-0.15, -0.1) is 0 Å². The Bertz CT molecular complexity index is 865. The molecule has 1 aliphatic rings. The molecule has 2 heterocycles. The number of fused-ring (bicyclic) bond motifs is 1. The molecule has 3 aromatic rings. The number of H-pyrrole nitrogens is 1. The molecule has 1 aromatic heterocycles. The predicted octanol–water partition coefficient (Wildman–Crippen LogP) is 3.52. The first kappa shape index (κ1) is 16.7. The summed E-state index contributed by atoms with van der Waals surface area (Å²) in [6, 6.07) is 13.9. The van der Waals surface area contributed by atoms with Crippen LogP contribution in [-0.2, 0) is 4.79 Å². The zero-order valence-electron chi connectivity index (χ0n) is 14.4. The van der Waals surface area contributed by atoms with Gasteiger partial charge in [-0.25, -0.2) is 9.37 Å².